The Bertz CT molecular complexity index is 8.00. The maximum absolute atomic E-state index is 3.77. The molecule has 0 aliphatic carbocycles. The second-order valence-electron chi connectivity index (χ2n) is 0. The summed E-state index contributed by atoms with van der Waals surface area (Å²) >= 11 is 3.15. The molecule has 0 fully saturated rings. The van der Waals surface area contributed by atoms with Gasteiger partial charge in [-0.05, 0) is 0 Å². The second-order valence-corrected chi connectivity index (χ2v) is 0. The molecule has 0 nitrogen and oxygen atoms in total. The van der Waals surface area contributed by atoms with Crippen molar-refractivity contribution in [3.05, 3.63) is 7.43 Å². The molecule has 0 aliphatic heterocycles. The molecule has 0 aromatic rings. The zero-order valence-corrected chi connectivity index (χ0v) is 4.40. The van der Waals surface area contributed by atoms with Crippen LogP contribution in [0.5, 0.6) is 0 Å². The Hall–Kier alpha value is 1.22. The van der Waals surface area contributed by atoms with Crippen molar-refractivity contribution in [2.75, 3.05) is 0 Å². The van der Waals surface area contributed by atoms with Gasteiger partial charge in [0.1, 0.15) is 0 Å². The maximum atomic E-state index is 3.77. The van der Waals surface area contributed by atoms with E-state index in [4.69, 9.17) is 0 Å². The van der Waals surface area contributed by atoms with Gasteiger partial charge >= 0.3 is 24.7 Å². The van der Waals surface area contributed by atoms with Gasteiger partial charge in [-0.1, -0.05) is 0 Å². The van der Waals surface area contributed by atoms with Gasteiger partial charge in [-0.2, -0.15) is 0 Å². The van der Waals surface area contributed by atoms with Crippen molar-refractivity contribution in [3.63, 3.8) is 0 Å². The van der Waals surface area contributed by atoms with E-state index in [0.29, 0.717) is 0 Å². The third-order valence-corrected chi connectivity index (χ3v) is 0. The summed E-state index contributed by atoms with van der Waals surface area (Å²) in [6.07, 6.45) is 0. The third kappa shape index (κ3) is 10.7. The molecule has 4 radical (unpaired) electrons. The summed E-state index contributed by atoms with van der Waals surface area (Å²) in [6, 6.07) is 0. The van der Waals surface area contributed by atoms with E-state index >= 15 is 0 Å². The van der Waals surface area contributed by atoms with Crippen LogP contribution in [0.2, 0.25) is 0 Å². The molecule has 0 saturated heterocycles. The fourth-order valence-electron chi connectivity index (χ4n) is 0. The summed E-state index contributed by atoms with van der Waals surface area (Å²) < 4.78 is 0. The summed E-state index contributed by atoms with van der Waals surface area (Å²) in [5, 5.41) is 0. The van der Waals surface area contributed by atoms with E-state index in [1.54, 1.807) is 0 Å². The average Bonchev–Trinajstić information content (AvgIpc) is 1.00. The first-order chi connectivity index (χ1) is 1.00. The second kappa shape index (κ2) is 29.4. The molecule has 0 rings (SSSR count). The molecular formula is CCoNiS. The van der Waals surface area contributed by atoms with Gasteiger partial charge in [0.2, 0.25) is 0 Å². The molecule has 0 spiro atoms. The Balaban J connectivity index is -0.00000000500. The quantitative estimate of drug-likeness (QED) is 0.472. The van der Waals surface area contributed by atoms with Crippen LogP contribution < -0.4 is 0 Å². The molecule has 29 valence electrons. The van der Waals surface area contributed by atoms with Crippen molar-refractivity contribution in [3.8, 4) is 0 Å². The van der Waals surface area contributed by atoms with Crippen molar-refractivity contribution in [1.82, 2.24) is 0 Å². The van der Waals surface area contributed by atoms with Crippen LogP contribution in [-0.4, -0.2) is 0 Å². The molecule has 0 aromatic heterocycles. The van der Waals surface area contributed by atoms with Gasteiger partial charge in [0, 0.05) is 23.9 Å². The minimum atomic E-state index is 0. The monoisotopic (exact) mass is 161 g/mol. The Kier molecular flexibility index (Phi) is 139. The molecule has 0 aromatic carbocycles. The molecule has 0 heterocycles. The summed E-state index contributed by atoms with van der Waals surface area (Å²) in [4.78, 5) is 0. The van der Waals surface area contributed by atoms with Crippen LogP contribution in [0, 0.1) is 7.43 Å². The van der Waals surface area contributed by atoms with Gasteiger partial charge in [0.25, 0.3) is 0 Å². The normalized spacial score (nSPS) is 1.25. The van der Waals surface area contributed by atoms with Crippen molar-refractivity contribution in [2.24, 2.45) is 0 Å². The molecule has 0 N–H and O–H groups in total. The predicted octanol–water partition coefficient (Wildman–Crippen LogP) is 0.724. The summed E-state index contributed by atoms with van der Waals surface area (Å²) in [6.45, 7) is 0. The van der Waals surface area contributed by atoms with Crippen LogP contribution in [0.3, 0.4) is 0 Å². The molecule has 3 heteroatoms. The van der Waals surface area contributed by atoms with Crippen LogP contribution >= 0.6 is 10.6 Å². The molecule has 0 saturated carbocycles. The first-order valence-electron chi connectivity index (χ1n) is 0.136. The van der Waals surface area contributed by atoms with Gasteiger partial charge in [-0.15, -0.1) is 0 Å². The van der Waals surface area contributed by atoms with Crippen LogP contribution in [-0.2, 0) is 30.6 Å². The van der Waals surface area contributed by atoms with E-state index in [2.05, 4.69) is 24.7 Å². The van der Waals surface area contributed by atoms with E-state index in [-0.39, 0.29) is 23.9 Å². The van der Waals surface area contributed by atoms with Gasteiger partial charge in [0.15, 0.2) is 0 Å². The minimum absolute atomic E-state index is 0. The topological polar surface area (TPSA) is 0 Å². The van der Waals surface area contributed by atoms with Gasteiger partial charge in [-0.25, -0.2) is 0 Å². The fourth-order valence-corrected chi connectivity index (χ4v) is 0. The molecule has 0 aliphatic rings. The Morgan fingerprint density at radius 1 is 1.25 bits per heavy atom. The van der Waals surface area contributed by atoms with E-state index in [0.717, 1.165) is 0 Å². The van der Waals surface area contributed by atoms with E-state index in [9.17, 15) is 0 Å². The third-order valence-electron chi connectivity index (χ3n) is 0. The van der Waals surface area contributed by atoms with Crippen LogP contribution in [0.25, 0.3) is 0 Å². The van der Waals surface area contributed by atoms with Crippen LogP contribution in [0.1, 0.15) is 0 Å². The molecule has 0 bridgehead atoms. The van der Waals surface area contributed by atoms with Gasteiger partial charge in [-0.3, -0.25) is 0 Å². The van der Waals surface area contributed by atoms with Crippen LogP contribution in [0.4, 0.5) is 0 Å². The number of rotatable bonds is 0. The standard InChI is InChI=1S/C.Co.Ni.S. The molecule has 0 unspecified atom stereocenters. The first-order valence-corrected chi connectivity index (χ1v) is 1.68. The predicted molar refractivity (Wildman–Crippen MR) is 10.8 cm³/mol. The molecular weight excluding hydrogens is 162 g/mol. The van der Waals surface area contributed by atoms with Crippen molar-refractivity contribution >= 4 is 10.6 Å². The molecule has 4 heavy (non-hydrogen) atoms. The first kappa shape index (κ1) is 18.9. The van der Waals surface area contributed by atoms with Crippen molar-refractivity contribution in [2.45, 2.75) is 0 Å². The molecule has 0 amide bonds. The zero-order valence-electron chi connectivity index (χ0n) is 1.56. The number of hydrogen-bond donors (Lipinski definition) is 0. The molecule has 0 atom stereocenters. The fraction of sp³-hybridized carbons (Fsp3) is 0. The summed E-state index contributed by atoms with van der Waals surface area (Å²) in [5.74, 6) is 0. The SMILES string of the molecule is [C].[Ni].[S]=[Co]. The zero-order chi connectivity index (χ0) is 2.00. The Morgan fingerprint density at radius 3 is 1.25 bits per heavy atom. The van der Waals surface area contributed by atoms with Gasteiger partial charge in [0.05, 0.1) is 0 Å². The van der Waals surface area contributed by atoms with Crippen molar-refractivity contribution < 1.29 is 30.6 Å². The van der Waals surface area contributed by atoms with Crippen molar-refractivity contribution in [1.29, 1.82) is 0 Å². The van der Waals surface area contributed by atoms with Gasteiger partial charge < -0.3 is 0 Å². The Labute approximate surface area is 48.8 Å². The van der Waals surface area contributed by atoms with E-state index in [1.807, 2.05) is 0 Å². The summed E-state index contributed by atoms with van der Waals surface area (Å²) in [7, 11) is 3.77. The Morgan fingerprint density at radius 2 is 1.25 bits per heavy atom. The van der Waals surface area contributed by atoms with E-state index < -0.39 is 0 Å². The summed E-state index contributed by atoms with van der Waals surface area (Å²) in [5.41, 5.74) is 0. The van der Waals surface area contributed by atoms with E-state index in [1.165, 1.54) is 0 Å². The van der Waals surface area contributed by atoms with Crippen LogP contribution in [0.15, 0.2) is 0 Å². The average molecular weight is 162 g/mol. The number of hydrogen-bond acceptors (Lipinski definition) is 1.